The minimum atomic E-state index is 0.501. The molecule has 2 rings (SSSR count). The number of pyridine rings is 1. The van der Waals surface area contributed by atoms with Crippen molar-refractivity contribution in [3.8, 4) is 5.88 Å². The molecule has 0 fully saturated rings. The van der Waals surface area contributed by atoms with Gasteiger partial charge in [-0.05, 0) is 30.5 Å². The molecule has 0 aliphatic carbocycles. The Balaban J connectivity index is 2.43. The SMILES string of the molecule is C=C(C)c1cnc(OC)cc1Cc1cnc(C)nc1N. The fourth-order valence-corrected chi connectivity index (χ4v) is 1.97. The summed E-state index contributed by atoms with van der Waals surface area (Å²) in [6.45, 7) is 7.74. The van der Waals surface area contributed by atoms with Crippen LogP contribution in [-0.2, 0) is 6.42 Å². The van der Waals surface area contributed by atoms with Crippen LogP contribution in [0, 0.1) is 6.92 Å². The zero-order valence-corrected chi connectivity index (χ0v) is 12.0. The molecule has 0 unspecified atom stereocenters. The Kier molecular flexibility index (Phi) is 3.98. The molecule has 2 aromatic heterocycles. The predicted octanol–water partition coefficient (Wildman–Crippen LogP) is 2.39. The Morgan fingerprint density at radius 2 is 2.05 bits per heavy atom. The first-order valence-corrected chi connectivity index (χ1v) is 6.28. The molecule has 0 spiro atoms. The van der Waals surface area contributed by atoms with Crippen LogP contribution in [0.2, 0.25) is 0 Å². The van der Waals surface area contributed by atoms with E-state index in [1.165, 1.54) is 0 Å². The van der Waals surface area contributed by atoms with Crippen molar-refractivity contribution in [2.45, 2.75) is 20.3 Å². The van der Waals surface area contributed by atoms with Gasteiger partial charge in [-0.2, -0.15) is 0 Å². The summed E-state index contributed by atoms with van der Waals surface area (Å²) in [5.74, 6) is 1.73. The van der Waals surface area contributed by atoms with Gasteiger partial charge < -0.3 is 10.5 Å². The molecular weight excluding hydrogens is 252 g/mol. The van der Waals surface area contributed by atoms with E-state index < -0.39 is 0 Å². The third kappa shape index (κ3) is 2.93. The van der Waals surface area contributed by atoms with Gasteiger partial charge >= 0.3 is 0 Å². The number of hydrogen-bond acceptors (Lipinski definition) is 5. The zero-order chi connectivity index (χ0) is 14.7. The summed E-state index contributed by atoms with van der Waals surface area (Å²) in [6, 6.07) is 1.89. The van der Waals surface area contributed by atoms with E-state index in [0.717, 1.165) is 22.3 Å². The molecule has 0 atom stereocenters. The molecule has 0 amide bonds. The maximum Gasteiger partial charge on any atom is 0.213 e. The van der Waals surface area contributed by atoms with E-state index in [-0.39, 0.29) is 0 Å². The van der Waals surface area contributed by atoms with Crippen molar-refractivity contribution in [1.29, 1.82) is 0 Å². The van der Waals surface area contributed by atoms with E-state index in [2.05, 4.69) is 21.5 Å². The van der Waals surface area contributed by atoms with E-state index in [0.29, 0.717) is 23.9 Å². The molecule has 104 valence electrons. The van der Waals surface area contributed by atoms with Gasteiger partial charge in [-0.3, -0.25) is 0 Å². The van der Waals surface area contributed by atoms with Crippen LogP contribution in [0.15, 0.2) is 25.0 Å². The molecule has 20 heavy (non-hydrogen) atoms. The number of ether oxygens (including phenoxy) is 1. The highest BCUT2D eigenvalue weighted by Crippen LogP contribution is 2.24. The van der Waals surface area contributed by atoms with Gasteiger partial charge in [0.15, 0.2) is 0 Å². The molecule has 2 aromatic rings. The number of nitrogen functional groups attached to an aromatic ring is 1. The third-order valence-electron chi connectivity index (χ3n) is 3.03. The Bertz CT molecular complexity index is 652. The fourth-order valence-electron chi connectivity index (χ4n) is 1.97. The van der Waals surface area contributed by atoms with E-state index in [1.54, 1.807) is 19.5 Å². The van der Waals surface area contributed by atoms with Gasteiger partial charge in [-0.1, -0.05) is 6.58 Å². The van der Waals surface area contributed by atoms with E-state index >= 15 is 0 Å². The summed E-state index contributed by atoms with van der Waals surface area (Å²) in [5, 5.41) is 0. The van der Waals surface area contributed by atoms with Crippen molar-refractivity contribution in [3.63, 3.8) is 0 Å². The van der Waals surface area contributed by atoms with Crippen LogP contribution < -0.4 is 10.5 Å². The number of allylic oxidation sites excluding steroid dienone is 1. The average molecular weight is 270 g/mol. The van der Waals surface area contributed by atoms with Crippen LogP contribution in [0.4, 0.5) is 5.82 Å². The lowest BCUT2D eigenvalue weighted by atomic mass is 9.99. The average Bonchev–Trinajstić information content (AvgIpc) is 2.41. The second kappa shape index (κ2) is 5.69. The number of methoxy groups -OCH3 is 1. The first-order valence-electron chi connectivity index (χ1n) is 6.28. The fraction of sp³-hybridized carbons (Fsp3) is 0.267. The lowest BCUT2D eigenvalue weighted by Gasteiger charge is -2.11. The van der Waals surface area contributed by atoms with Crippen LogP contribution in [0.3, 0.4) is 0 Å². The zero-order valence-electron chi connectivity index (χ0n) is 12.0. The molecule has 0 aromatic carbocycles. The molecule has 0 saturated carbocycles. The Hall–Kier alpha value is -2.43. The molecule has 0 bridgehead atoms. The van der Waals surface area contributed by atoms with Gasteiger partial charge in [-0.15, -0.1) is 0 Å². The summed E-state index contributed by atoms with van der Waals surface area (Å²) in [7, 11) is 1.59. The van der Waals surface area contributed by atoms with Gasteiger partial charge in [0, 0.05) is 30.4 Å². The molecule has 5 nitrogen and oxygen atoms in total. The Morgan fingerprint density at radius 3 is 2.65 bits per heavy atom. The summed E-state index contributed by atoms with van der Waals surface area (Å²) >= 11 is 0. The van der Waals surface area contributed by atoms with E-state index in [1.807, 2.05) is 19.9 Å². The number of nitrogens with zero attached hydrogens (tertiary/aromatic N) is 3. The predicted molar refractivity (Wildman–Crippen MR) is 79.5 cm³/mol. The number of aryl methyl sites for hydroxylation is 1. The quantitative estimate of drug-likeness (QED) is 0.923. The summed E-state index contributed by atoms with van der Waals surface area (Å²) < 4.78 is 5.17. The number of aromatic nitrogens is 3. The molecule has 0 saturated heterocycles. The number of nitrogens with two attached hydrogens (primary N) is 1. The van der Waals surface area contributed by atoms with Crippen LogP contribution >= 0.6 is 0 Å². The molecular formula is C15H18N4O. The van der Waals surface area contributed by atoms with Crippen molar-refractivity contribution < 1.29 is 4.74 Å². The van der Waals surface area contributed by atoms with Gasteiger partial charge in [-0.25, -0.2) is 15.0 Å². The number of rotatable bonds is 4. The lowest BCUT2D eigenvalue weighted by molar-refractivity contribution is 0.397. The maximum atomic E-state index is 5.95. The van der Waals surface area contributed by atoms with E-state index in [4.69, 9.17) is 10.5 Å². The second-order valence-electron chi connectivity index (χ2n) is 4.67. The molecule has 0 aliphatic heterocycles. The Labute approximate surface area is 118 Å². The number of anilines is 1. The minimum Gasteiger partial charge on any atom is -0.481 e. The van der Waals surface area contributed by atoms with Crippen molar-refractivity contribution in [3.05, 3.63) is 47.6 Å². The van der Waals surface area contributed by atoms with Gasteiger partial charge in [0.2, 0.25) is 5.88 Å². The standard InChI is InChI=1S/C15H18N4O/c1-9(2)13-8-18-14(20-4)6-11(13)5-12-7-17-10(3)19-15(12)16/h6-8H,1,5H2,2-4H3,(H2,16,17,19). The highest BCUT2D eigenvalue weighted by molar-refractivity contribution is 5.65. The topological polar surface area (TPSA) is 73.9 Å². The van der Waals surface area contributed by atoms with Crippen molar-refractivity contribution in [1.82, 2.24) is 15.0 Å². The molecule has 0 aliphatic rings. The largest absolute Gasteiger partial charge is 0.481 e. The molecule has 0 radical (unpaired) electrons. The molecule has 2 N–H and O–H groups in total. The lowest BCUT2D eigenvalue weighted by Crippen LogP contribution is -2.04. The van der Waals surface area contributed by atoms with Crippen LogP contribution in [0.1, 0.15) is 29.4 Å². The molecule has 5 heteroatoms. The van der Waals surface area contributed by atoms with E-state index in [9.17, 15) is 0 Å². The monoisotopic (exact) mass is 270 g/mol. The van der Waals surface area contributed by atoms with Gasteiger partial charge in [0.25, 0.3) is 0 Å². The third-order valence-corrected chi connectivity index (χ3v) is 3.03. The molecule has 2 heterocycles. The summed E-state index contributed by atoms with van der Waals surface area (Å²) in [6.07, 6.45) is 4.14. The van der Waals surface area contributed by atoms with Crippen molar-refractivity contribution in [2.75, 3.05) is 12.8 Å². The summed E-state index contributed by atoms with van der Waals surface area (Å²) in [4.78, 5) is 12.6. The van der Waals surface area contributed by atoms with Crippen LogP contribution in [0.25, 0.3) is 5.57 Å². The first kappa shape index (κ1) is 14.0. The van der Waals surface area contributed by atoms with Crippen LogP contribution in [-0.4, -0.2) is 22.1 Å². The second-order valence-corrected chi connectivity index (χ2v) is 4.67. The van der Waals surface area contributed by atoms with Crippen molar-refractivity contribution in [2.24, 2.45) is 0 Å². The van der Waals surface area contributed by atoms with Crippen molar-refractivity contribution >= 4 is 11.4 Å². The smallest absolute Gasteiger partial charge is 0.213 e. The Morgan fingerprint density at radius 1 is 1.30 bits per heavy atom. The highest BCUT2D eigenvalue weighted by Gasteiger charge is 2.10. The highest BCUT2D eigenvalue weighted by atomic mass is 16.5. The minimum absolute atomic E-state index is 0.501. The maximum absolute atomic E-state index is 5.95. The summed E-state index contributed by atoms with van der Waals surface area (Å²) in [5.41, 5.74) is 9.81. The van der Waals surface area contributed by atoms with Gasteiger partial charge in [0.1, 0.15) is 11.6 Å². The number of hydrogen-bond donors (Lipinski definition) is 1. The van der Waals surface area contributed by atoms with Gasteiger partial charge in [0.05, 0.1) is 7.11 Å². The van der Waals surface area contributed by atoms with Crippen LogP contribution in [0.5, 0.6) is 5.88 Å². The first-order chi connectivity index (χ1) is 9.51. The normalized spacial score (nSPS) is 10.3.